The van der Waals surface area contributed by atoms with Crippen molar-refractivity contribution >= 4 is 0 Å². The van der Waals surface area contributed by atoms with E-state index in [0.717, 1.165) is 25.7 Å². The third-order valence-electron chi connectivity index (χ3n) is 9.11. The van der Waals surface area contributed by atoms with Gasteiger partial charge < -0.3 is 10.2 Å². The molecule has 4 fully saturated rings. The Morgan fingerprint density at radius 2 is 1.64 bits per heavy atom. The second kappa shape index (κ2) is 6.15. The number of alkyl halides is 2. The first-order valence-corrected chi connectivity index (χ1v) is 10.4. The third-order valence-corrected chi connectivity index (χ3v) is 9.11. The van der Waals surface area contributed by atoms with Crippen molar-refractivity contribution in [1.29, 1.82) is 0 Å². The number of aliphatic hydroxyl groups excluding tert-OH is 1. The molecule has 4 saturated carbocycles. The van der Waals surface area contributed by atoms with Crippen molar-refractivity contribution in [3.8, 4) is 0 Å². The minimum atomic E-state index is -2.61. The van der Waals surface area contributed by atoms with Gasteiger partial charge in [-0.05, 0) is 106 Å². The molecule has 2 nitrogen and oxygen atoms in total. The van der Waals surface area contributed by atoms with Crippen LogP contribution in [0.2, 0.25) is 0 Å². The third kappa shape index (κ3) is 2.69. The molecule has 1 unspecified atom stereocenters. The largest absolute Gasteiger partial charge is 0.393 e. The fraction of sp³-hybridized carbons (Fsp3) is 1.00. The second-order valence-electron chi connectivity index (χ2n) is 10.1. The Morgan fingerprint density at radius 1 is 0.920 bits per heavy atom. The summed E-state index contributed by atoms with van der Waals surface area (Å²) < 4.78 is 26.5. The number of halogens is 2. The minimum Gasteiger partial charge on any atom is -0.393 e. The molecule has 0 aromatic heterocycles. The number of hydrogen-bond donors (Lipinski definition) is 2. The summed E-state index contributed by atoms with van der Waals surface area (Å²) in [5.41, 5.74) is -1.47. The first-order valence-electron chi connectivity index (χ1n) is 10.4. The molecule has 0 radical (unpaired) electrons. The number of hydrogen-bond acceptors (Lipinski definition) is 2. The molecule has 144 valence electrons. The Balaban J connectivity index is 1.52. The maximum Gasteiger partial charge on any atom is 0.266 e. The standard InChI is InChI=1S/C21H34F2O2/c1-12(24)17-5-6-18-16-4-3-13-11-21(25,19(22)23)10-8-14(13)15(16)7-9-20(17,18)2/h12-19,24-25H,3-11H2,1-2H3/t12?,13-,14-,15+,16+,17+,18-,20+,21+/m0/s1. The van der Waals surface area contributed by atoms with Crippen LogP contribution in [0.3, 0.4) is 0 Å². The van der Waals surface area contributed by atoms with Crippen LogP contribution in [0.25, 0.3) is 0 Å². The van der Waals surface area contributed by atoms with E-state index in [1.165, 1.54) is 19.3 Å². The van der Waals surface area contributed by atoms with Crippen LogP contribution in [-0.2, 0) is 0 Å². The lowest BCUT2D eigenvalue weighted by Gasteiger charge is -2.57. The van der Waals surface area contributed by atoms with Gasteiger partial charge in [-0.3, -0.25) is 0 Å². The van der Waals surface area contributed by atoms with Crippen molar-refractivity contribution in [2.24, 2.45) is 40.9 Å². The van der Waals surface area contributed by atoms with Crippen LogP contribution in [0.5, 0.6) is 0 Å². The highest BCUT2D eigenvalue weighted by molar-refractivity contribution is 5.08. The molecule has 0 heterocycles. The van der Waals surface area contributed by atoms with E-state index in [4.69, 9.17) is 0 Å². The normalized spacial score (nSPS) is 53.9. The van der Waals surface area contributed by atoms with Gasteiger partial charge in [-0.2, -0.15) is 0 Å². The average Bonchev–Trinajstić information content (AvgIpc) is 2.91. The van der Waals surface area contributed by atoms with Crippen LogP contribution in [-0.4, -0.2) is 28.3 Å². The average molecular weight is 356 g/mol. The van der Waals surface area contributed by atoms with E-state index in [1.54, 1.807) is 0 Å². The van der Waals surface area contributed by atoms with Crippen molar-refractivity contribution in [1.82, 2.24) is 0 Å². The molecule has 0 amide bonds. The molecule has 0 bridgehead atoms. The molecular formula is C21H34F2O2. The van der Waals surface area contributed by atoms with Crippen molar-refractivity contribution < 1.29 is 19.0 Å². The van der Waals surface area contributed by atoms with Crippen molar-refractivity contribution in [2.75, 3.05) is 0 Å². The van der Waals surface area contributed by atoms with E-state index in [9.17, 15) is 19.0 Å². The van der Waals surface area contributed by atoms with Crippen molar-refractivity contribution in [3.05, 3.63) is 0 Å². The molecular weight excluding hydrogens is 322 g/mol. The van der Waals surface area contributed by atoms with Gasteiger partial charge in [0.2, 0.25) is 0 Å². The quantitative estimate of drug-likeness (QED) is 0.757. The van der Waals surface area contributed by atoms with Crippen LogP contribution in [0, 0.1) is 40.9 Å². The van der Waals surface area contributed by atoms with Gasteiger partial charge in [0.05, 0.1) is 6.10 Å². The monoisotopic (exact) mass is 356 g/mol. The van der Waals surface area contributed by atoms with Crippen LogP contribution >= 0.6 is 0 Å². The lowest BCUT2D eigenvalue weighted by Crippen LogP contribution is -2.53. The van der Waals surface area contributed by atoms with E-state index >= 15 is 0 Å². The number of rotatable bonds is 2. The molecule has 0 aliphatic heterocycles. The van der Waals surface area contributed by atoms with Gasteiger partial charge in [0.1, 0.15) is 5.60 Å². The zero-order valence-electron chi connectivity index (χ0n) is 15.6. The highest BCUT2D eigenvalue weighted by Gasteiger charge is 2.59. The molecule has 4 rings (SSSR count). The molecule has 4 aliphatic rings. The van der Waals surface area contributed by atoms with Gasteiger partial charge in [0.25, 0.3) is 6.43 Å². The topological polar surface area (TPSA) is 40.5 Å². The van der Waals surface area contributed by atoms with Gasteiger partial charge in [0, 0.05) is 0 Å². The lowest BCUT2D eigenvalue weighted by molar-refractivity contribution is -0.160. The lowest BCUT2D eigenvalue weighted by atomic mass is 9.49. The van der Waals surface area contributed by atoms with Gasteiger partial charge in [-0.1, -0.05) is 6.92 Å². The first-order chi connectivity index (χ1) is 11.8. The summed E-state index contributed by atoms with van der Waals surface area (Å²) in [5, 5.41) is 20.5. The van der Waals surface area contributed by atoms with E-state index in [2.05, 4.69) is 6.92 Å². The van der Waals surface area contributed by atoms with Gasteiger partial charge >= 0.3 is 0 Å². The maximum absolute atomic E-state index is 13.3. The van der Waals surface area contributed by atoms with Crippen LogP contribution < -0.4 is 0 Å². The zero-order chi connectivity index (χ0) is 18.0. The van der Waals surface area contributed by atoms with E-state index < -0.39 is 12.0 Å². The molecule has 2 N–H and O–H groups in total. The fourth-order valence-electron chi connectivity index (χ4n) is 7.94. The van der Waals surface area contributed by atoms with Gasteiger partial charge in [0.15, 0.2) is 0 Å². The summed E-state index contributed by atoms with van der Waals surface area (Å²) in [6.45, 7) is 4.36. The Kier molecular flexibility index (Phi) is 4.47. The fourth-order valence-corrected chi connectivity index (χ4v) is 7.94. The molecule has 0 aromatic rings. The van der Waals surface area contributed by atoms with Crippen LogP contribution in [0.4, 0.5) is 8.78 Å². The van der Waals surface area contributed by atoms with Crippen LogP contribution in [0.15, 0.2) is 0 Å². The molecule has 0 saturated heterocycles. The van der Waals surface area contributed by atoms with E-state index in [0.29, 0.717) is 36.0 Å². The summed E-state index contributed by atoms with van der Waals surface area (Å²) in [7, 11) is 0. The highest BCUT2D eigenvalue weighted by Crippen LogP contribution is 2.65. The highest BCUT2D eigenvalue weighted by atomic mass is 19.3. The van der Waals surface area contributed by atoms with E-state index in [-0.39, 0.29) is 23.9 Å². The predicted molar refractivity (Wildman–Crippen MR) is 93.2 cm³/mol. The van der Waals surface area contributed by atoms with Gasteiger partial charge in [-0.25, -0.2) is 8.78 Å². The molecule has 0 spiro atoms. The first kappa shape index (κ1) is 18.2. The van der Waals surface area contributed by atoms with Crippen molar-refractivity contribution in [2.45, 2.75) is 89.8 Å². The van der Waals surface area contributed by atoms with Crippen LogP contribution in [0.1, 0.15) is 71.6 Å². The summed E-state index contributed by atoms with van der Waals surface area (Å²) in [4.78, 5) is 0. The zero-order valence-corrected chi connectivity index (χ0v) is 15.6. The molecule has 4 heteroatoms. The minimum absolute atomic E-state index is 0.224. The Labute approximate surface area is 150 Å². The maximum atomic E-state index is 13.3. The Morgan fingerprint density at radius 3 is 2.32 bits per heavy atom. The Bertz CT molecular complexity index is 510. The SMILES string of the molecule is CC(O)[C@H]1CC[C@H]2[C@@H]3CC[C@H]4C[C@@](O)(C(F)F)CC[C@@H]4[C@H]3CC[C@]12C. The second-order valence-corrected chi connectivity index (χ2v) is 10.1. The van der Waals surface area contributed by atoms with E-state index in [1.807, 2.05) is 6.92 Å². The Hall–Kier alpha value is -0.220. The number of aliphatic hydroxyl groups is 2. The molecule has 0 aromatic carbocycles. The van der Waals surface area contributed by atoms with Crippen molar-refractivity contribution in [3.63, 3.8) is 0 Å². The predicted octanol–water partition coefficient (Wildman–Crippen LogP) is 4.63. The number of fused-ring (bicyclic) bond motifs is 5. The summed E-state index contributed by atoms with van der Waals surface area (Å²) >= 11 is 0. The molecule has 9 atom stereocenters. The van der Waals surface area contributed by atoms with Gasteiger partial charge in [-0.15, -0.1) is 0 Å². The molecule has 25 heavy (non-hydrogen) atoms. The molecule has 4 aliphatic carbocycles. The summed E-state index contributed by atoms with van der Waals surface area (Å²) in [6.07, 6.45) is 5.39. The summed E-state index contributed by atoms with van der Waals surface area (Å²) in [5.74, 6) is 3.31. The summed E-state index contributed by atoms with van der Waals surface area (Å²) in [6, 6.07) is 0. The smallest absolute Gasteiger partial charge is 0.266 e.